The lowest BCUT2D eigenvalue weighted by molar-refractivity contribution is 0.299. The van der Waals surface area contributed by atoms with Gasteiger partial charge in [0.25, 0.3) is 0 Å². The van der Waals surface area contributed by atoms with E-state index in [0.29, 0.717) is 11.6 Å². The van der Waals surface area contributed by atoms with Crippen molar-refractivity contribution in [2.75, 3.05) is 6.61 Å². The second-order valence-electron chi connectivity index (χ2n) is 4.53. The molecule has 2 rings (SSSR count). The van der Waals surface area contributed by atoms with E-state index in [1.807, 2.05) is 26.0 Å². The van der Waals surface area contributed by atoms with E-state index in [4.69, 9.17) is 16.7 Å². The highest BCUT2D eigenvalue weighted by molar-refractivity contribution is 6.30. The summed E-state index contributed by atoms with van der Waals surface area (Å²) in [5.41, 5.74) is 5.12. The van der Waals surface area contributed by atoms with Gasteiger partial charge in [0.15, 0.2) is 0 Å². The van der Waals surface area contributed by atoms with Crippen molar-refractivity contribution in [2.45, 2.75) is 27.2 Å². The summed E-state index contributed by atoms with van der Waals surface area (Å²) in [6.45, 7) is 6.10. The summed E-state index contributed by atoms with van der Waals surface area (Å²) in [5.74, 6) is 0. The lowest BCUT2D eigenvalue weighted by Gasteiger charge is -2.08. The molecule has 0 radical (unpaired) electrons. The summed E-state index contributed by atoms with van der Waals surface area (Å²) in [6.07, 6.45) is 0.537. The number of aromatic nitrogens is 2. The lowest BCUT2D eigenvalue weighted by Crippen LogP contribution is -2.00. The number of halogens is 1. The van der Waals surface area contributed by atoms with Gasteiger partial charge < -0.3 is 5.11 Å². The number of hydrogen-bond acceptors (Lipinski definition) is 2. The molecule has 0 aliphatic rings. The molecule has 1 aromatic carbocycles. The third-order valence-electron chi connectivity index (χ3n) is 3.06. The second-order valence-corrected chi connectivity index (χ2v) is 4.89. The van der Waals surface area contributed by atoms with Crippen LogP contribution in [0.3, 0.4) is 0 Å². The summed E-state index contributed by atoms with van der Waals surface area (Å²) < 4.78 is 1.75. The molecule has 0 saturated heterocycles. The average molecular weight is 265 g/mol. The fraction of sp³-hybridized carbons (Fsp3) is 0.357. The van der Waals surface area contributed by atoms with Crippen LogP contribution in [0.25, 0.3) is 5.69 Å². The third-order valence-corrected chi connectivity index (χ3v) is 3.45. The Bertz CT molecular complexity index is 575. The van der Waals surface area contributed by atoms with Gasteiger partial charge >= 0.3 is 0 Å². The average Bonchev–Trinajstić information content (AvgIpc) is 2.58. The SMILES string of the molecule is Cc1ccc(-n2nc(C)c(CCO)c2Cl)c(C)c1. The van der Waals surface area contributed by atoms with Gasteiger partial charge in [-0.05, 0) is 32.4 Å². The fourth-order valence-electron chi connectivity index (χ4n) is 2.13. The van der Waals surface area contributed by atoms with E-state index in [1.54, 1.807) is 4.68 Å². The van der Waals surface area contributed by atoms with Crippen LogP contribution in [0.2, 0.25) is 5.15 Å². The molecule has 0 saturated carbocycles. The maximum absolute atomic E-state index is 9.04. The molecular weight excluding hydrogens is 248 g/mol. The van der Waals surface area contributed by atoms with E-state index >= 15 is 0 Å². The Labute approximate surface area is 112 Å². The minimum Gasteiger partial charge on any atom is -0.396 e. The van der Waals surface area contributed by atoms with Crippen LogP contribution in [0.15, 0.2) is 18.2 Å². The zero-order chi connectivity index (χ0) is 13.3. The maximum atomic E-state index is 9.04. The lowest BCUT2D eigenvalue weighted by atomic mass is 10.1. The predicted octanol–water partition coefficient (Wildman–Crippen LogP) is 2.99. The Balaban J connectivity index is 2.54. The van der Waals surface area contributed by atoms with Gasteiger partial charge in [0.2, 0.25) is 0 Å². The molecule has 0 fully saturated rings. The van der Waals surface area contributed by atoms with Gasteiger partial charge in [-0.3, -0.25) is 0 Å². The highest BCUT2D eigenvalue weighted by atomic mass is 35.5. The van der Waals surface area contributed by atoms with Crippen LogP contribution in [0, 0.1) is 20.8 Å². The second kappa shape index (κ2) is 5.12. The van der Waals surface area contributed by atoms with Crippen molar-refractivity contribution in [3.05, 3.63) is 45.7 Å². The molecule has 18 heavy (non-hydrogen) atoms. The molecule has 0 atom stereocenters. The molecule has 0 unspecified atom stereocenters. The molecule has 2 aromatic rings. The van der Waals surface area contributed by atoms with Crippen molar-refractivity contribution in [3.63, 3.8) is 0 Å². The normalized spacial score (nSPS) is 10.9. The molecule has 4 heteroatoms. The molecule has 0 bridgehead atoms. The van der Waals surface area contributed by atoms with Crippen LogP contribution >= 0.6 is 11.6 Å². The minimum atomic E-state index is 0.0825. The maximum Gasteiger partial charge on any atom is 0.136 e. The van der Waals surface area contributed by atoms with Gasteiger partial charge in [0, 0.05) is 18.6 Å². The molecule has 0 amide bonds. The molecule has 0 aliphatic carbocycles. The summed E-state index contributed by atoms with van der Waals surface area (Å²) in [7, 11) is 0. The van der Waals surface area contributed by atoms with Crippen molar-refractivity contribution < 1.29 is 5.11 Å². The molecule has 96 valence electrons. The van der Waals surface area contributed by atoms with Gasteiger partial charge in [0.1, 0.15) is 5.15 Å². The first-order chi connectivity index (χ1) is 8.54. The monoisotopic (exact) mass is 264 g/mol. The van der Waals surface area contributed by atoms with Crippen molar-refractivity contribution in [1.29, 1.82) is 0 Å². The van der Waals surface area contributed by atoms with Gasteiger partial charge in [0.05, 0.1) is 11.4 Å². The number of aryl methyl sites for hydroxylation is 3. The van der Waals surface area contributed by atoms with Crippen LogP contribution in [0.5, 0.6) is 0 Å². The van der Waals surface area contributed by atoms with E-state index in [-0.39, 0.29) is 6.61 Å². The van der Waals surface area contributed by atoms with Crippen LogP contribution in [0.1, 0.15) is 22.4 Å². The molecule has 0 aliphatic heterocycles. The number of aliphatic hydroxyl groups excluding tert-OH is 1. The smallest absolute Gasteiger partial charge is 0.136 e. The Morgan fingerprint density at radius 2 is 2.00 bits per heavy atom. The van der Waals surface area contributed by atoms with Crippen LogP contribution < -0.4 is 0 Å². The van der Waals surface area contributed by atoms with E-state index < -0.39 is 0 Å². The van der Waals surface area contributed by atoms with Crippen LogP contribution in [-0.4, -0.2) is 21.5 Å². The Hall–Kier alpha value is -1.32. The number of rotatable bonds is 3. The zero-order valence-corrected chi connectivity index (χ0v) is 11.6. The Morgan fingerprint density at radius 3 is 2.61 bits per heavy atom. The molecule has 0 spiro atoms. The summed E-state index contributed by atoms with van der Waals surface area (Å²) in [6, 6.07) is 6.17. The third kappa shape index (κ3) is 2.28. The van der Waals surface area contributed by atoms with Gasteiger partial charge in [-0.15, -0.1) is 0 Å². The topological polar surface area (TPSA) is 38.0 Å². The zero-order valence-electron chi connectivity index (χ0n) is 10.9. The van der Waals surface area contributed by atoms with Crippen LogP contribution in [0.4, 0.5) is 0 Å². The highest BCUT2D eigenvalue weighted by Gasteiger charge is 2.15. The van der Waals surface area contributed by atoms with Crippen molar-refractivity contribution in [1.82, 2.24) is 9.78 Å². The minimum absolute atomic E-state index is 0.0825. The number of nitrogens with zero attached hydrogens (tertiary/aromatic N) is 2. The molecule has 1 aromatic heterocycles. The van der Waals surface area contributed by atoms with Crippen molar-refractivity contribution >= 4 is 11.6 Å². The van der Waals surface area contributed by atoms with Crippen molar-refractivity contribution in [2.24, 2.45) is 0 Å². The molecular formula is C14H17ClN2O. The first kappa shape index (κ1) is 13.1. The summed E-state index contributed by atoms with van der Waals surface area (Å²) >= 11 is 6.34. The molecule has 3 nitrogen and oxygen atoms in total. The highest BCUT2D eigenvalue weighted by Crippen LogP contribution is 2.25. The Kier molecular flexibility index (Phi) is 3.73. The summed E-state index contributed by atoms with van der Waals surface area (Å²) in [4.78, 5) is 0. The van der Waals surface area contributed by atoms with Gasteiger partial charge in [-0.2, -0.15) is 5.10 Å². The standard InChI is InChI=1S/C14H17ClN2O/c1-9-4-5-13(10(2)8-9)17-14(15)12(6-7-18)11(3)16-17/h4-5,8,18H,6-7H2,1-3H3. The molecule has 1 N–H and O–H groups in total. The fourth-order valence-corrected chi connectivity index (χ4v) is 2.49. The summed E-state index contributed by atoms with van der Waals surface area (Å²) in [5, 5.41) is 14.1. The number of hydrogen-bond donors (Lipinski definition) is 1. The van der Waals surface area contributed by atoms with Gasteiger partial charge in [-0.1, -0.05) is 29.3 Å². The van der Waals surface area contributed by atoms with Gasteiger partial charge in [-0.25, -0.2) is 4.68 Å². The van der Waals surface area contributed by atoms with Crippen molar-refractivity contribution in [3.8, 4) is 5.69 Å². The van der Waals surface area contributed by atoms with E-state index in [9.17, 15) is 0 Å². The Morgan fingerprint density at radius 1 is 1.28 bits per heavy atom. The van der Waals surface area contributed by atoms with E-state index in [1.165, 1.54) is 5.56 Å². The first-order valence-electron chi connectivity index (χ1n) is 5.97. The van der Waals surface area contributed by atoms with E-state index in [2.05, 4.69) is 18.1 Å². The van der Waals surface area contributed by atoms with Crippen LogP contribution in [-0.2, 0) is 6.42 Å². The van der Waals surface area contributed by atoms with E-state index in [0.717, 1.165) is 22.5 Å². The number of aliphatic hydroxyl groups is 1. The number of benzene rings is 1. The predicted molar refractivity (Wildman–Crippen MR) is 73.6 cm³/mol. The largest absolute Gasteiger partial charge is 0.396 e. The first-order valence-corrected chi connectivity index (χ1v) is 6.35. The quantitative estimate of drug-likeness (QED) is 0.926. The molecule has 1 heterocycles.